The van der Waals surface area contributed by atoms with Gasteiger partial charge in [0.05, 0.1) is 0 Å². The summed E-state index contributed by atoms with van der Waals surface area (Å²) in [6.07, 6.45) is -0.604. The van der Waals surface area contributed by atoms with Crippen molar-refractivity contribution in [3.05, 3.63) is 29.8 Å². The second-order valence-electron chi connectivity index (χ2n) is 5.28. The Balaban J connectivity index is 0.00000324. The Morgan fingerprint density at radius 3 is 2.21 bits per heavy atom. The van der Waals surface area contributed by atoms with E-state index < -0.39 is 6.10 Å². The van der Waals surface area contributed by atoms with Crippen LogP contribution in [0.15, 0.2) is 24.3 Å². The van der Waals surface area contributed by atoms with Gasteiger partial charge in [0, 0.05) is 19.3 Å². The van der Waals surface area contributed by atoms with E-state index >= 15 is 0 Å². The maximum atomic E-state index is 11.7. The third-order valence-corrected chi connectivity index (χ3v) is 2.81. The quantitative estimate of drug-likeness (QED) is 0.893. The van der Waals surface area contributed by atoms with Gasteiger partial charge in [-0.1, -0.05) is 32.9 Å². The molecule has 0 aliphatic heterocycles. The lowest BCUT2D eigenvalue weighted by molar-refractivity contribution is -0.125. The molecule has 0 aliphatic carbocycles. The Labute approximate surface area is 121 Å². The number of anilines is 1. The number of hydrogen-bond donors (Lipinski definition) is 2. The molecule has 1 aromatic carbocycles. The minimum atomic E-state index is -0.604. The number of methoxy groups -OCH3 is 1. The number of hydrogen-bond acceptors (Lipinski definition) is 3. The molecular weight excluding hydrogens is 264 g/mol. The molecule has 0 aliphatic rings. The van der Waals surface area contributed by atoms with Crippen LogP contribution in [-0.4, -0.2) is 25.7 Å². The van der Waals surface area contributed by atoms with E-state index in [1.165, 1.54) is 12.7 Å². The largest absolute Gasteiger partial charge is 0.370 e. The molecule has 3 N–H and O–H groups in total. The van der Waals surface area contributed by atoms with Gasteiger partial charge in [-0.15, -0.1) is 12.4 Å². The average Bonchev–Trinajstić information content (AvgIpc) is 2.30. The van der Waals surface area contributed by atoms with E-state index in [0.29, 0.717) is 0 Å². The Morgan fingerprint density at radius 2 is 1.84 bits per heavy atom. The number of carbonyl (C=O) groups is 1. The summed E-state index contributed by atoms with van der Waals surface area (Å²) in [6, 6.07) is 7.81. The summed E-state index contributed by atoms with van der Waals surface area (Å²) in [4.78, 5) is 11.7. The molecule has 1 aromatic rings. The fourth-order valence-corrected chi connectivity index (χ4v) is 1.59. The van der Waals surface area contributed by atoms with Crippen molar-refractivity contribution in [2.45, 2.75) is 32.3 Å². The summed E-state index contributed by atoms with van der Waals surface area (Å²) in [5.41, 5.74) is 7.52. The summed E-state index contributed by atoms with van der Waals surface area (Å²) in [5.74, 6) is -0.219. The van der Waals surface area contributed by atoms with Gasteiger partial charge < -0.3 is 15.8 Å². The van der Waals surface area contributed by atoms with E-state index in [1.54, 1.807) is 0 Å². The molecule has 108 valence electrons. The number of halogens is 1. The maximum Gasteiger partial charge on any atom is 0.254 e. The Hall–Kier alpha value is -1.10. The lowest BCUT2D eigenvalue weighted by Crippen LogP contribution is -2.35. The van der Waals surface area contributed by atoms with E-state index in [-0.39, 0.29) is 30.3 Å². The number of nitrogens with two attached hydrogens (primary N) is 1. The van der Waals surface area contributed by atoms with Gasteiger partial charge >= 0.3 is 0 Å². The van der Waals surface area contributed by atoms with Crippen molar-refractivity contribution in [2.75, 3.05) is 19.0 Å². The maximum absolute atomic E-state index is 11.7. The second-order valence-corrected chi connectivity index (χ2v) is 5.28. The predicted molar refractivity (Wildman–Crippen MR) is 80.9 cm³/mol. The van der Waals surface area contributed by atoms with Crippen LogP contribution in [0.5, 0.6) is 0 Å². The van der Waals surface area contributed by atoms with E-state index in [4.69, 9.17) is 10.5 Å². The number of amides is 1. The van der Waals surface area contributed by atoms with Crippen LogP contribution in [0.2, 0.25) is 0 Å². The van der Waals surface area contributed by atoms with Crippen molar-refractivity contribution in [2.24, 2.45) is 5.73 Å². The van der Waals surface area contributed by atoms with Crippen LogP contribution in [0.1, 0.15) is 26.3 Å². The van der Waals surface area contributed by atoms with Gasteiger partial charge in [-0.05, 0) is 23.1 Å². The average molecular weight is 287 g/mol. The zero-order valence-corrected chi connectivity index (χ0v) is 12.7. The standard InChI is InChI=1S/C14H22N2O2.ClH/c1-14(2,3)10-5-7-11(8-6-10)16-13(17)12(9-15)18-4;/h5-8,12H,9,15H2,1-4H3,(H,16,17);1H. The number of carbonyl (C=O) groups excluding carboxylic acids is 1. The number of ether oxygens (including phenoxy) is 1. The van der Waals surface area contributed by atoms with Crippen molar-refractivity contribution in [3.63, 3.8) is 0 Å². The first-order chi connectivity index (χ1) is 8.38. The smallest absolute Gasteiger partial charge is 0.254 e. The van der Waals surface area contributed by atoms with Crippen molar-refractivity contribution in [1.29, 1.82) is 0 Å². The fourth-order valence-electron chi connectivity index (χ4n) is 1.59. The summed E-state index contributed by atoms with van der Waals surface area (Å²) < 4.78 is 4.97. The zero-order chi connectivity index (χ0) is 13.8. The molecule has 1 unspecified atom stereocenters. The lowest BCUT2D eigenvalue weighted by Gasteiger charge is -2.19. The van der Waals surface area contributed by atoms with Crippen LogP contribution >= 0.6 is 12.4 Å². The molecule has 0 aromatic heterocycles. The van der Waals surface area contributed by atoms with Crippen molar-refractivity contribution in [3.8, 4) is 0 Å². The minimum absolute atomic E-state index is 0. The Morgan fingerprint density at radius 1 is 1.32 bits per heavy atom. The second kappa shape index (κ2) is 7.48. The van der Waals surface area contributed by atoms with E-state index in [0.717, 1.165) is 5.69 Å². The molecule has 0 bridgehead atoms. The molecule has 0 saturated heterocycles. The minimum Gasteiger partial charge on any atom is -0.370 e. The zero-order valence-electron chi connectivity index (χ0n) is 11.9. The van der Waals surface area contributed by atoms with Crippen LogP contribution in [0, 0.1) is 0 Å². The molecule has 1 rings (SSSR count). The molecule has 4 nitrogen and oxygen atoms in total. The summed E-state index contributed by atoms with van der Waals surface area (Å²) in [6.45, 7) is 6.62. The van der Waals surface area contributed by atoms with Gasteiger partial charge in [0.2, 0.25) is 0 Å². The number of rotatable bonds is 4. The highest BCUT2D eigenvalue weighted by molar-refractivity contribution is 5.94. The highest BCUT2D eigenvalue weighted by Crippen LogP contribution is 2.23. The van der Waals surface area contributed by atoms with Crippen molar-refractivity contribution in [1.82, 2.24) is 0 Å². The molecule has 0 heterocycles. The first-order valence-electron chi connectivity index (χ1n) is 6.02. The number of nitrogens with one attached hydrogen (secondary N) is 1. The topological polar surface area (TPSA) is 64.3 Å². The van der Waals surface area contributed by atoms with Crippen LogP contribution in [0.25, 0.3) is 0 Å². The molecule has 19 heavy (non-hydrogen) atoms. The molecule has 5 heteroatoms. The fraction of sp³-hybridized carbons (Fsp3) is 0.500. The molecule has 0 radical (unpaired) electrons. The van der Waals surface area contributed by atoms with Gasteiger partial charge in [0.25, 0.3) is 5.91 Å². The van der Waals surface area contributed by atoms with E-state index in [1.807, 2.05) is 24.3 Å². The SMILES string of the molecule is COC(CN)C(=O)Nc1ccc(C(C)(C)C)cc1.Cl. The van der Waals surface area contributed by atoms with Gasteiger partial charge in [-0.3, -0.25) is 4.79 Å². The Bertz CT molecular complexity index is 395. The van der Waals surface area contributed by atoms with Gasteiger partial charge in [-0.2, -0.15) is 0 Å². The third-order valence-electron chi connectivity index (χ3n) is 2.81. The Kier molecular flexibility index (Phi) is 7.05. The van der Waals surface area contributed by atoms with Gasteiger partial charge in [-0.25, -0.2) is 0 Å². The summed E-state index contributed by atoms with van der Waals surface area (Å²) >= 11 is 0. The van der Waals surface area contributed by atoms with Crippen LogP contribution in [0.3, 0.4) is 0 Å². The lowest BCUT2D eigenvalue weighted by atomic mass is 9.87. The van der Waals surface area contributed by atoms with Crippen molar-refractivity contribution < 1.29 is 9.53 Å². The predicted octanol–water partition coefficient (Wildman–Crippen LogP) is 2.32. The van der Waals surface area contributed by atoms with E-state index in [2.05, 4.69) is 26.1 Å². The molecule has 0 saturated carbocycles. The monoisotopic (exact) mass is 286 g/mol. The molecule has 1 atom stereocenters. The van der Waals surface area contributed by atoms with Crippen LogP contribution < -0.4 is 11.1 Å². The molecule has 0 spiro atoms. The first-order valence-corrected chi connectivity index (χ1v) is 6.02. The highest BCUT2D eigenvalue weighted by Gasteiger charge is 2.16. The normalized spacial score (nSPS) is 12.5. The van der Waals surface area contributed by atoms with Crippen LogP contribution in [-0.2, 0) is 14.9 Å². The van der Waals surface area contributed by atoms with Gasteiger partial charge in [0.1, 0.15) is 6.10 Å². The summed E-state index contributed by atoms with van der Waals surface area (Å²) in [7, 11) is 1.47. The third kappa shape index (κ3) is 5.19. The molecular formula is C14H23ClN2O2. The summed E-state index contributed by atoms with van der Waals surface area (Å²) in [5, 5.41) is 2.78. The first kappa shape index (κ1) is 17.9. The highest BCUT2D eigenvalue weighted by atomic mass is 35.5. The van der Waals surface area contributed by atoms with E-state index in [9.17, 15) is 4.79 Å². The van der Waals surface area contributed by atoms with Crippen molar-refractivity contribution >= 4 is 24.0 Å². The number of benzene rings is 1. The van der Waals surface area contributed by atoms with Gasteiger partial charge in [0.15, 0.2) is 0 Å². The molecule has 1 amide bonds. The van der Waals surface area contributed by atoms with Crippen LogP contribution in [0.4, 0.5) is 5.69 Å². The molecule has 0 fully saturated rings.